The molecular weight excluding hydrogens is 362 g/mol. The number of amides is 2. The number of aromatic nitrogens is 1. The van der Waals surface area contributed by atoms with Gasteiger partial charge in [0.2, 0.25) is 5.91 Å². The molecule has 2 amide bonds. The van der Waals surface area contributed by atoms with Crippen molar-refractivity contribution in [3.05, 3.63) is 64.9 Å². The summed E-state index contributed by atoms with van der Waals surface area (Å²) >= 11 is 5.87. The summed E-state index contributed by atoms with van der Waals surface area (Å²) in [6, 6.07) is 11.2. The third-order valence-corrected chi connectivity index (χ3v) is 5.20. The lowest BCUT2D eigenvalue weighted by molar-refractivity contribution is -0.121. The van der Waals surface area contributed by atoms with Crippen molar-refractivity contribution in [2.24, 2.45) is 5.92 Å². The molecule has 1 saturated heterocycles. The van der Waals surface area contributed by atoms with Crippen molar-refractivity contribution in [3.8, 4) is 0 Å². The Kier molecular flexibility index (Phi) is 6.82. The van der Waals surface area contributed by atoms with E-state index in [0.717, 1.165) is 31.5 Å². The maximum atomic E-state index is 12.4. The first-order chi connectivity index (χ1) is 13.1. The maximum Gasteiger partial charge on any atom is 0.255 e. The highest BCUT2D eigenvalue weighted by Crippen LogP contribution is 2.18. The summed E-state index contributed by atoms with van der Waals surface area (Å²) in [5.41, 5.74) is 1.74. The van der Waals surface area contributed by atoms with Gasteiger partial charge in [0, 0.05) is 43.5 Å². The lowest BCUT2D eigenvalue weighted by atomic mass is 9.96. The molecule has 0 saturated carbocycles. The van der Waals surface area contributed by atoms with Gasteiger partial charge in [-0.1, -0.05) is 23.7 Å². The van der Waals surface area contributed by atoms with Crippen LogP contribution in [0.25, 0.3) is 0 Å². The summed E-state index contributed by atoms with van der Waals surface area (Å²) in [5, 5.41) is 3.74. The Morgan fingerprint density at radius 2 is 1.89 bits per heavy atom. The number of piperidine rings is 1. The minimum absolute atomic E-state index is 0.0357. The second-order valence-electron chi connectivity index (χ2n) is 6.91. The topological polar surface area (TPSA) is 62.3 Å². The zero-order valence-electron chi connectivity index (χ0n) is 15.2. The van der Waals surface area contributed by atoms with Crippen LogP contribution < -0.4 is 5.32 Å². The molecule has 3 rings (SSSR count). The number of nitrogens with zero attached hydrogens (tertiary/aromatic N) is 2. The lowest BCUT2D eigenvalue weighted by Gasteiger charge is -2.32. The van der Waals surface area contributed by atoms with E-state index in [1.54, 1.807) is 24.5 Å². The van der Waals surface area contributed by atoms with Gasteiger partial charge in [0.05, 0.1) is 5.56 Å². The number of benzene rings is 1. The smallest absolute Gasteiger partial charge is 0.255 e. The molecule has 2 aromatic rings. The molecule has 0 spiro atoms. The molecule has 0 bridgehead atoms. The van der Waals surface area contributed by atoms with Crippen LogP contribution in [0.4, 0.5) is 0 Å². The lowest BCUT2D eigenvalue weighted by Crippen LogP contribution is -2.41. The van der Waals surface area contributed by atoms with E-state index < -0.39 is 0 Å². The van der Waals surface area contributed by atoms with Gasteiger partial charge in [-0.15, -0.1) is 0 Å². The predicted octanol–water partition coefficient (Wildman–Crippen LogP) is 3.34. The Morgan fingerprint density at radius 1 is 1.15 bits per heavy atom. The highest BCUT2D eigenvalue weighted by molar-refractivity contribution is 6.30. The van der Waals surface area contributed by atoms with Gasteiger partial charge >= 0.3 is 0 Å². The number of pyridine rings is 1. The molecule has 1 aromatic carbocycles. The van der Waals surface area contributed by atoms with E-state index in [2.05, 4.69) is 10.3 Å². The van der Waals surface area contributed by atoms with Crippen LogP contribution in [0.5, 0.6) is 0 Å². The minimum Gasteiger partial charge on any atom is -0.356 e. The number of halogens is 1. The van der Waals surface area contributed by atoms with Crippen LogP contribution in [-0.4, -0.2) is 41.3 Å². The first kappa shape index (κ1) is 19.4. The summed E-state index contributed by atoms with van der Waals surface area (Å²) < 4.78 is 0. The average Bonchev–Trinajstić information content (AvgIpc) is 2.72. The first-order valence-electron chi connectivity index (χ1n) is 9.32. The van der Waals surface area contributed by atoms with Crippen LogP contribution in [0, 0.1) is 5.92 Å². The van der Waals surface area contributed by atoms with Crippen molar-refractivity contribution in [1.29, 1.82) is 0 Å². The van der Waals surface area contributed by atoms with Crippen LogP contribution in [-0.2, 0) is 11.2 Å². The van der Waals surface area contributed by atoms with Crippen molar-refractivity contribution in [2.45, 2.75) is 25.7 Å². The number of carbonyl (C=O) groups excluding carboxylic acids is 2. The van der Waals surface area contributed by atoms with Gasteiger partial charge in [-0.2, -0.15) is 0 Å². The SMILES string of the molecule is O=C(CCc1ccc(Cl)cc1)NCC1CCN(C(=O)c2cccnc2)CC1. The van der Waals surface area contributed by atoms with Crippen molar-refractivity contribution in [3.63, 3.8) is 0 Å². The number of carbonyl (C=O) groups is 2. The Balaban J connectivity index is 1.36. The number of hydrogen-bond donors (Lipinski definition) is 1. The van der Waals surface area contributed by atoms with E-state index in [0.29, 0.717) is 35.9 Å². The van der Waals surface area contributed by atoms with Crippen molar-refractivity contribution >= 4 is 23.4 Å². The third-order valence-electron chi connectivity index (χ3n) is 4.95. The van der Waals surface area contributed by atoms with Crippen LogP contribution in [0.15, 0.2) is 48.8 Å². The summed E-state index contributed by atoms with van der Waals surface area (Å²) in [7, 11) is 0. The van der Waals surface area contributed by atoms with E-state index in [1.807, 2.05) is 29.2 Å². The summed E-state index contributed by atoms with van der Waals surface area (Å²) in [5.74, 6) is 0.523. The molecule has 5 nitrogen and oxygen atoms in total. The zero-order chi connectivity index (χ0) is 19.1. The van der Waals surface area contributed by atoms with Gasteiger partial charge in [-0.05, 0) is 55.0 Å². The Morgan fingerprint density at radius 3 is 2.56 bits per heavy atom. The van der Waals surface area contributed by atoms with E-state index in [9.17, 15) is 9.59 Å². The molecule has 1 N–H and O–H groups in total. The van der Waals surface area contributed by atoms with Crippen LogP contribution in [0.2, 0.25) is 5.02 Å². The quantitative estimate of drug-likeness (QED) is 0.829. The molecule has 0 radical (unpaired) electrons. The van der Waals surface area contributed by atoms with Crippen molar-refractivity contribution in [2.75, 3.05) is 19.6 Å². The van der Waals surface area contributed by atoms with Gasteiger partial charge in [0.15, 0.2) is 0 Å². The fourth-order valence-corrected chi connectivity index (χ4v) is 3.39. The van der Waals surface area contributed by atoms with Crippen LogP contribution >= 0.6 is 11.6 Å². The van der Waals surface area contributed by atoms with Crippen molar-refractivity contribution < 1.29 is 9.59 Å². The fourth-order valence-electron chi connectivity index (χ4n) is 3.27. The summed E-state index contributed by atoms with van der Waals surface area (Å²) in [6.45, 7) is 2.12. The average molecular weight is 386 g/mol. The Hall–Kier alpha value is -2.40. The predicted molar refractivity (Wildman–Crippen MR) is 106 cm³/mol. The summed E-state index contributed by atoms with van der Waals surface area (Å²) in [6.07, 6.45) is 6.27. The molecule has 1 aliphatic heterocycles. The van der Waals surface area contributed by atoms with Crippen molar-refractivity contribution in [1.82, 2.24) is 15.2 Å². The standard InChI is InChI=1S/C21H24ClN3O2/c22-19-6-3-16(4-7-19)5-8-20(26)24-14-17-9-12-25(13-10-17)21(27)18-2-1-11-23-15-18/h1-4,6-7,11,15,17H,5,8-10,12-14H2,(H,24,26). The van der Waals surface area contributed by atoms with Crippen LogP contribution in [0.1, 0.15) is 35.2 Å². The Bertz CT molecular complexity index is 757. The normalized spacial score (nSPS) is 14.8. The van der Waals surface area contributed by atoms with Gasteiger partial charge in [0.25, 0.3) is 5.91 Å². The van der Waals surface area contributed by atoms with Crippen LogP contribution in [0.3, 0.4) is 0 Å². The monoisotopic (exact) mass is 385 g/mol. The maximum absolute atomic E-state index is 12.4. The van der Waals surface area contributed by atoms with Gasteiger partial charge < -0.3 is 10.2 Å². The second kappa shape index (κ2) is 9.51. The van der Waals surface area contributed by atoms with E-state index in [-0.39, 0.29) is 11.8 Å². The molecule has 0 aliphatic carbocycles. The van der Waals surface area contributed by atoms with E-state index >= 15 is 0 Å². The number of hydrogen-bond acceptors (Lipinski definition) is 3. The molecule has 2 heterocycles. The van der Waals surface area contributed by atoms with Gasteiger partial charge in [-0.3, -0.25) is 14.6 Å². The highest BCUT2D eigenvalue weighted by atomic mass is 35.5. The molecule has 1 aromatic heterocycles. The molecule has 0 atom stereocenters. The van der Waals surface area contributed by atoms with Gasteiger partial charge in [-0.25, -0.2) is 0 Å². The molecule has 142 valence electrons. The largest absolute Gasteiger partial charge is 0.356 e. The fraction of sp³-hybridized carbons (Fsp3) is 0.381. The highest BCUT2D eigenvalue weighted by Gasteiger charge is 2.23. The van der Waals surface area contributed by atoms with Gasteiger partial charge in [0.1, 0.15) is 0 Å². The molecule has 27 heavy (non-hydrogen) atoms. The van der Waals surface area contributed by atoms with E-state index in [4.69, 9.17) is 11.6 Å². The summed E-state index contributed by atoms with van der Waals surface area (Å²) in [4.78, 5) is 30.4. The minimum atomic E-state index is 0.0357. The number of aryl methyl sites for hydroxylation is 1. The molecule has 1 aliphatic rings. The molecule has 1 fully saturated rings. The first-order valence-corrected chi connectivity index (χ1v) is 9.70. The van der Waals surface area contributed by atoms with E-state index in [1.165, 1.54) is 0 Å². The number of rotatable bonds is 6. The molecular formula is C21H24ClN3O2. The third kappa shape index (κ3) is 5.79. The zero-order valence-corrected chi connectivity index (χ0v) is 16.0. The Labute approximate surface area is 164 Å². The second-order valence-corrected chi connectivity index (χ2v) is 7.34. The number of nitrogens with one attached hydrogen (secondary N) is 1. The number of likely N-dealkylation sites (tertiary alicyclic amines) is 1. The molecule has 0 unspecified atom stereocenters. The molecule has 6 heteroatoms.